The van der Waals surface area contributed by atoms with E-state index in [1.165, 1.54) is 11.1 Å². The van der Waals surface area contributed by atoms with Crippen LogP contribution in [0.1, 0.15) is 17.5 Å². The minimum Gasteiger partial charge on any atom is -0.484 e. The Bertz CT molecular complexity index is 453. The summed E-state index contributed by atoms with van der Waals surface area (Å²) in [5.41, 5.74) is 2.41. The Kier molecular flexibility index (Phi) is 4.43. The Hall–Kier alpha value is -1.55. The monoisotopic (exact) mass is 262 g/mol. The largest absolute Gasteiger partial charge is 0.484 e. The molecule has 0 saturated carbocycles. The minimum atomic E-state index is 0.0342. The van der Waals surface area contributed by atoms with Crippen molar-refractivity contribution in [3.63, 3.8) is 0 Å². The number of benzene rings is 1. The first-order chi connectivity index (χ1) is 9.08. The number of carbonyl (C=O) groups is 1. The summed E-state index contributed by atoms with van der Waals surface area (Å²) in [7, 11) is 1.85. The second-order valence-electron chi connectivity index (χ2n) is 5.19. The maximum absolute atomic E-state index is 12.0. The third-order valence-electron chi connectivity index (χ3n) is 3.82. The summed E-state index contributed by atoms with van der Waals surface area (Å²) in [6.45, 7) is 6.08. The van der Waals surface area contributed by atoms with Crippen LogP contribution in [0.3, 0.4) is 0 Å². The van der Waals surface area contributed by atoms with E-state index in [1.807, 2.05) is 32.2 Å². The Balaban J connectivity index is 1.87. The van der Waals surface area contributed by atoms with Crippen LogP contribution in [0.4, 0.5) is 0 Å². The predicted octanol–water partition coefficient (Wildman–Crippen LogP) is 1.50. The average Bonchev–Trinajstić information content (AvgIpc) is 2.93. The van der Waals surface area contributed by atoms with E-state index in [4.69, 9.17) is 4.74 Å². The van der Waals surface area contributed by atoms with E-state index in [9.17, 15) is 4.79 Å². The van der Waals surface area contributed by atoms with E-state index < -0.39 is 0 Å². The topological polar surface area (TPSA) is 41.6 Å². The Labute approximate surface area is 114 Å². The lowest BCUT2D eigenvalue weighted by molar-refractivity contribution is -0.133. The molecule has 0 radical (unpaired) electrons. The van der Waals surface area contributed by atoms with Crippen LogP contribution in [0.2, 0.25) is 0 Å². The van der Waals surface area contributed by atoms with Crippen LogP contribution in [0.5, 0.6) is 5.75 Å². The van der Waals surface area contributed by atoms with Crippen molar-refractivity contribution in [2.45, 2.75) is 26.3 Å². The van der Waals surface area contributed by atoms with Gasteiger partial charge in [0.25, 0.3) is 5.91 Å². The van der Waals surface area contributed by atoms with E-state index >= 15 is 0 Å². The molecule has 1 aromatic carbocycles. The van der Waals surface area contributed by atoms with Gasteiger partial charge in [0.15, 0.2) is 6.61 Å². The molecule has 1 fully saturated rings. The van der Waals surface area contributed by atoms with Gasteiger partial charge in [-0.25, -0.2) is 0 Å². The van der Waals surface area contributed by atoms with Crippen molar-refractivity contribution in [1.29, 1.82) is 0 Å². The highest BCUT2D eigenvalue weighted by Gasteiger charge is 2.23. The maximum Gasteiger partial charge on any atom is 0.260 e. The highest BCUT2D eigenvalue weighted by atomic mass is 16.5. The number of nitrogens with one attached hydrogen (secondary N) is 1. The molecule has 1 N–H and O–H groups in total. The van der Waals surface area contributed by atoms with Gasteiger partial charge in [-0.05, 0) is 50.1 Å². The predicted molar refractivity (Wildman–Crippen MR) is 75.5 cm³/mol. The number of hydrogen-bond donors (Lipinski definition) is 1. The molecule has 1 aromatic rings. The molecule has 19 heavy (non-hydrogen) atoms. The quantitative estimate of drug-likeness (QED) is 0.894. The van der Waals surface area contributed by atoms with Crippen molar-refractivity contribution in [2.75, 3.05) is 26.7 Å². The lowest BCUT2D eigenvalue weighted by Crippen LogP contribution is -2.40. The van der Waals surface area contributed by atoms with Gasteiger partial charge >= 0.3 is 0 Å². The molecular formula is C15H22N2O2. The average molecular weight is 262 g/mol. The van der Waals surface area contributed by atoms with E-state index in [0.29, 0.717) is 6.04 Å². The molecule has 1 amide bonds. The zero-order chi connectivity index (χ0) is 13.8. The van der Waals surface area contributed by atoms with Crippen LogP contribution in [-0.4, -0.2) is 43.6 Å². The fourth-order valence-electron chi connectivity index (χ4n) is 2.22. The normalized spacial score (nSPS) is 18.4. The van der Waals surface area contributed by atoms with Crippen LogP contribution in [-0.2, 0) is 4.79 Å². The standard InChI is InChI=1S/C15H22N2O2/c1-11-4-5-14(8-12(11)2)19-10-15(18)17(3)13-6-7-16-9-13/h4-5,8,13,16H,6-7,9-10H2,1-3H3/t13-/m1/s1. The first-order valence-electron chi connectivity index (χ1n) is 6.74. The van der Waals surface area contributed by atoms with Gasteiger partial charge in [0.05, 0.1) is 0 Å². The van der Waals surface area contributed by atoms with E-state index in [1.54, 1.807) is 4.90 Å². The molecule has 0 spiro atoms. The summed E-state index contributed by atoms with van der Waals surface area (Å²) in [4.78, 5) is 13.8. The van der Waals surface area contributed by atoms with Gasteiger partial charge in [-0.1, -0.05) is 6.07 Å². The molecule has 104 valence electrons. The second-order valence-corrected chi connectivity index (χ2v) is 5.19. The van der Waals surface area contributed by atoms with Gasteiger partial charge in [-0.15, -0.1) is 0 Å². The number of aryl methyl sites for hydroxylation is 2. The maximum atomic E-state index is 12.0. The molecule has 4 heteroatoms. The van der Waals surface area contributed by atoms with Crippen LogP contribution in [0.25, 0.3) is 0 Å². The number of rotatable bonds is 4. The SMILES string of the molecule is Cc1ccc(OCC(=O)N(C)[C@@H]2CCNC2)cc1C. The molecular weight excluding hydrogens is 240 g/mol. The second kappa shape index (κ2) is 6.06. The first kappa shape index (κ1) is 13.9. The van der Waals surface area contributed by atoms with Gasteiger partial charge in [0.1, 0.15) is 5.75 Å². The molecule has 0 aromatic heterocycles. The van der Waals surface area contributed by atoms with Crippen molar-refractivity contribution in [3.8, 4) is 5.75 Å². The Morgan fingerprint density at radius 3 is 2.84 bits per heavy atom. The van der Waals surface area contributed by atoms with Crippen LogP contribution < -0.4 is 10.1 Å². The fraction of sp³-hybridized carbons (Fsp3) is 0.533. The molecule has 0 unspecified atom stereocenters. The van der Waals surface area contributed by atoms with Gasteiger partial charge in [-0.2, -0.15) is 0 Å². The number of hydrogen-bond acceptors (Lipinski definition) is 3. The van der Waals surface area contributed by atoms with Crippen LogP contribution >= 0.6 is 0 Å². The highest BCUT2D eigenvalue weighted by molar-refractivity contribution is 5.77. The van der Waals surface area contributed by atoms with Crippen molar-refractivity contribution in [3.05, 3.63) is 29.3 Å². The molecule has 0 aliphatic carbocycles. The Morgan fingerprint density at radius 1 is 1.42 bits per heavy atom. The number of ether oxygens (including phenoxy) is 1. The van der Waals surface area contributed by atoms with Crippen molar-refractivity contribution < 1.29 is 9.53 Å². The summed E-state index contributed by atoms with van der Waals surface area (Å²) in [6, 6.07) is 6.20. The number of amides is 1. The van der Waals surface area contributed by atoms with Gasteiger partial charge < -0.3 is 15.0 Å². The van der Waals surface area contributed by atoms with E-state index in [0.717, 1.165) is 25.3 Å². The van der Waals surface area contributed by atoms with Crippen LogP contribution in [0.15, 0.2) is 18.2 Å². The molecule has 4 nitrogen and oxygen atoms in total. The zero-order valence-electron chi connectivity index (χ0n) is 11.9. The summed E-state index contributed by atoms with van der Waals surface area (Å²) >= 11 is 0. The summed E-state index contributed by atoms with van der Waals surface area (Å²) in [5, 5.41) is 3.26. The van der Waals surface area contributed by atoms with Crippen LogP contribution in [0, 0.1) is 13.8 Å². The molecule has 0 bridgehead atoms. The first-order valence-corrected chi connectivity index (χ1v) is 6.74. The Morgan fingerprint density at radius 2 is 2.21 bits per heavy atom. The molecule has 1 aliphatic rings. The smallest absolute Gasteiger partial charge is 0.260 e. The van der Waals surface area contributed by atoms with Gasteiger partial charge in [0, 0.05) is 19.6 Å². The molecule has 1 saturated heterocycles. The molecule has 2 rings (SSSR count). The van der Waals surface area contributed by atoms with Gasteiger partial charge in [-0.3, -0.25) is 4.79 Å². The molecule has 1 heterocycles. The minimum absolute atomic E-state index is 0.0342. The van der Waals surface area contributed by atoms with Gasteiger partial charge in [0.2, 0.25) is 0 Å². The van der Waals surface area contributed by atoms with E-state index in [2.05, 4.69) is 12.2 Å². The summed E-state index contributed by atoms with van der Waals surface area (Å²) in [6.07, 6.45) is 1.02. The zero-order valence-corrected chi connectivity index (χ0v) is 11.9. The summed E-state index contributed by atoms with van der Waals surface area (Å²) < 4.78 is 5.57. The lowest BCUT2D eigenvalue weighted by Gasteiger charge is -2.23. The number of likely N-dealkylation sites (N-methyl/N-ethyl adjacent to an activating group) is 1. The highest BCUT2D eigenvalue weighted by Crippen LogP contribution is 2.16. The lowest BCUT2D eigenvalue weighted by atomic mass is 10.1. The third kappa shape index (κ3) is 3.47. The fourth-order valence-corrected chi connectivity index (χ4v) is 2.22. The summed E-state index contributed by atoms with van der Waals surface area (Å²) in [5.74, 6) is 0.793. The van der Waals surface area contributed by atoms with Crippen molar-refractivity contribution >= 4 is 5.91 Å². The van der Waals surface area contributed by atoms with Crippen molar-refractivity contribution in [2.24, 2.45) is 0 Å². The molecule has 1 atom stereocenters. The number of nitrogens with zero attached hydrogens (tertiary/aromatic N) is 1. The molecule has 1 aliphatic heterocycles. The van der Waals surface area contributed by atoms with E-state index in [-0.39, 0.29) is 12.5 Å². The number of carbonyl (C=O) groups excluding carboxylic acids is 1. The van der Waals surface area contributed by atoms with Crippen molar-refractivity contribution in [1.82, 2.24) is 10.2 Å². The third-order valence-corrected chi connectivity index (χ3v) is 3.82.